The summed E-state index contributed by atoms with van der Waals surface area (Å²) in [5, 5.41) is 7.96. The molecule has 1 fully saturated rings. The molecule has 1 N–H and O–H groups in total. The molecule has 10 heteroatoms. The largest absolute Gasteiger partial charge is 0.340 e. The van der Waals surface area contributed by atoms with Gasteiger partial charge in [-0.25, -0.2) is 9.67 Å². The minimum Gasteiger partial charge on any atom is -0.340 e. The van der Waals surface area contributed by atoms with Gasteiger partial charge in [0.05, 0.1) is 23.2 Å². The highest BCUT2D eigenvalue weighted by molar-refractivity contribution is 7.19. The van der Waals surface area contributed by atoms with Crippen LogP contribution in [-0.4, -0.2) is 69.1 Å². The quantitative estimate of drug-likeness (QED) is 0.582. The molecule has 0 unspecified atom stereocenters. The van der Waals surface area contributed by atoms with Gasteiger partial charge in [0.2, 0.25) is 11.8 Å². The van der Waals surface area contributed by atoms with E-state index in [4.69, 9.17) is 4.98 Å². The number of aromatic nitrogens is 3. The van der Waals surface area contributed by atoms with Crippen molar-refractivity contribution in [2.45, 2.75) is 26.8 Å². The highest BCUT2D eigenvalue weighted by Gasteiger charge is 2.22. The van der Waals surface area contributed by atoms with Crippen LogP contribution in [0, 0.1) is 0 Å². The lowest BCUT2D eigenvalue weighted by Crippen LogP contribution is -2.49. The van der Waals surface area contributed by atoms with Gasteiger partial charge in [0.15, 0.2) is 5.13 Å². The molecular formula is C24H28N6O3S. The van der Waals surface area contributed by atoms with Crippen molar-refractivity contribution in [1.29, 1.82) is 0 Å². The maximum absolute atomic E-state index is 12.8. The minimum atomic E-state index is -0.164. The number of anilines is 1. The van der Waals surface area contributed by atoms with Gasteiger partial charge in [-0.3, -0.25) is 19.3 Å². The average molecular weight is 481 g/mol. The Balaban J connectivity index is 1.57. The van der Waals surface area contributed by atoms with Crippen molar-refractivity contribution >= 4 is 28.3 Å². The van der Waals surface area contributed by atoms with Crippen LogP contribution in [-0.2, 0) is 9.59 Å². The van der Waals surface area contributed by atoms with E-state index >= 15 is 0 Å². The number of hydrogen-bond donors (Lipinski definition) is 1. The Hall–Kier alpha value is -3.37. The Bertz CT molecular complexity index is 1230. The second-order valence-corrected chi connectivity index (χ2v) is 9.49. The van der Waals surface area contributed by atoms with Crippen LogP contribution in [0.1, 0.15) is 26.8 Å². The highest BCUT2D eigenvalue weighted by atomic mass is 32.1. The Morgan fingerprint density at radius 1 is 1.06 bits per heavy atom. The third-order valence-corrected chi connectivity index (χ3v) is 6.65. The van der Waals surface area contributed by atoms with Crippen molar-refractivity contribution in [3.05, 3.63) is 52.8 Å². The van der Waals surface area contributed by atoms with Gasteiger partial charge in [-0.2, -0.15) is 5.10 Å². The van der Waals surface area contributed by atoms with Crippen LogP contribution >= 0.6 is 11.3 Å². The van der Waals surface area contributed by atoms with Crippen LogP contribution in [0.5, 0.6) is 0 Å². The first-order chi connectivity index (χ1) is 16.3. The van der Waals surface area contributed by atoms with Crippen molar-refractivity contribution in [1.82, 2.24) is 24.6 Å². The van der Waals surface area contributed by atoms with Gasteiger partial charge in [-0.05, 0) is 19.9 Å². The number of amides is 2. The number of nitrogens with one attached hydrogen (secondary N) is 1. The Kier molecular flexibility index (Phi) is 7.18. The van der Waals surface area contributed by atoms with Crippen molar-refractivity contribution in [3.8, 4) is 21.8 Å². The third kappa shape index (κ3) is 5.40. The summed E-state index contributed by atoms with van der Waals surface area (Å²) < 4.78 is 1.45. The molecule has 0 spiro atoms. The standard InChI is InChI=1S/C24H28N6O3S/c1-16(2)30-21(33)10-9-19(27-30)23-22(18-7-5-4-6-8-18)26-24(34-23)25-20(32)15-28-11-13-29(14-12-28)17(3)31/h4-10,16H,11-15H2,1-3H3,(H,25,26,32). The van der Waals surface area contributed by atoms with Crippen LogP contribution < -0.4 is 10.9 Å². The number of rotatable bonds is 6. The number of carbonyl (C=O) groups excluding carboxylic acids is 2. The maximum atomic E-state index is 12.8. The lowest BCUT2D eigenvalue weighted by Gasteiger charge is -2.33. The highest BCUT2D eigenvalue weighted by Crippen LogP contribution is 2.38. The van der Waals surface area contributed by atoms with E-state index in [1.165, 1.54) is 22.1 Å². The Morgan fingerprint density at radius 2 is 1.76 bits per heavy atom. The molecule has 4 rings (SSSR count). The zero-order chi connectivity index (χ0) is 24.2. The van der Waals surface area contributed by atoms with Crippen LogP contribution in [0.2, 0.25) is 0 Å². The molecule has 0 saturated carbocycles. The molecule has 1 aliphatic rings. The number of piperazine rings is 1. The van der Waals surface area contributed by atoms with E-state index in [1.807, 2.05) is 49.1 Å². The lowest BCUT2D eigenvalue weighted by molar-refractivity contribution is -0.130. The van der Waals surface area contributed by atoms with Crippen molar-refractivity contribution in [2.75, 3.05) is 38.0 Å². The summed E-state index contributed by atoms with van der Waals surface area (Å²) in [6.07, 6.45) is 0. The predicted octanol–water partition coefficient (Wildman–Crippen LogP) is 2.72. The Morgan fingerprint density at radius 3 is 2.41 bits per heavy atom. The molecule has 34 heavy (non-hydrogen) atoms. The number of thiazole rings is 1. The molecule has 1 aromatic carbocycles. The molecular weight excluding hydrogens is 452 g/mol. The second kappa shape index (κ2) is 10.3. The van der Waals surface area contributed by atoms with E-state index in [1.54, 1.807) is 17.9 Å². The van der Waals surface area contributed by atoms with Gasteiger partial charge in [-0.1, -0.05) is 41.7 Å². The first-order valence-corrected chi connectivity index (χ1v) is 12.1. The molecule has 2 amide bonds. The SMILES string of the molecule is CC(=O)N1CCN(CC(=O)Nc2nc(-c3ccccc3)c(-c3ccc(=O)n(C(C)C)n3)s2)CC1. The van der Waals surface area contributed by atoms with E-state index in [9.17, 15) is 14.4 Å². The van der Waals surface area contributed by atoms with E-state index in [-0.39, 0.29) is 30.0 Å². The topological polar surface area (TPSA) is 100 Å². The van der Waals surface area contributed by atoms with Crippen LogP contribution in [0.3, 0.4) is 0 Å². The van der Waals surface area contributed by atoms with Gasteiger partial charge in [0.25, 0.3) is 5.56 Å². The molecule has 0 radical (unpaired) electrons. The maximum Gasteiger partial charge on any atom is 0.267 e. The van der Waals surface area contributed by atoms with Gasteiger partial charge in [0, 0.05) is 44.7 Å². The van der Waals surface area contributed by atoms with E-state index in [2.05, 4.69) is 10.4 Å². The fourth-order valence-corrected chi connectivity index (χ4v) is 4.81. The lowest BCUT2D eigenvalue weighted by atomic mass is 10.1. The second-order valence-electron chi connectivity index (χ2n) is 8.49. The fraction of sp³-hybridized carbons (Fsp3) is 0.375. The number of benzene rings is 1. The molecule has 3 aromatic rings. The fourth-order valence-electron chi connectivity index (χ4n) is 3.84. The van der Waals surface area contributed by atoms with E-state index < -0.39 is 0 Å². The molecule has 1 aliphatic heterocycles. The van der Waals surface area contributed by atoms with Gasteiger partial charge < -0.3 is 10.2 Å². The number of nitrogens with zero attached hydrogens (tertiary/aromatic N) is 5. The summed E-state index contributed by atoms with van der Waals surface area (Å²) in [6.45, 7) is 8.18. The van der Waals surface area contributed by atoms with Gasteiger partial charge >= 0.3 is 0 Å². The molecule has 1 saturated heterocycles. The van der Waals surface area contributed by atoms with Crippen molar-refractivity contribution in [2.24, 2.45) is 0 Å². The van der Waals surface area contributed by atoms with Crippen molar-refractivity contribution in [3.63, 3.8) is 0 Å². The smallest absolute Gasteiger partial charge is 0.267 e. The van der Waals surface area contributed by atoms with E-state index in [0.29, 0.717) is 42.7 Å². The molecule has 2 aromatic heterocycles. The molecule has 3 heterocycles. The number of hydrogen-bond acceptors (Lipinski definition) is 7. The summed E-state index contributed by atoms with van der Waals surface area (Å²) in [4.78, 5) is 45.8. The minimum absolute atomic E-state index is 0.0604. The average Bonchev–Trinajstić information content (AvgIpc) is 3.23. The van der Waals surface area contributed by atoms with Crippen molar-refractivity contribution < 1.29 is 9.59 Å². The van der Waals surface area contributed by atoms with Gasteiger partial charge in [0.1, 0.15) is 5.69 Å². The van der Waals surface area contributed by atoms with E-state index in [0.717, 1.165) is 10.4 Å². The zero-order valence-electron chi connectivity index (χ0n) is 19.5. The first kappa shape index (κ1) is 23.8. The summed E-state index contributed by atoms with van der Waals surface area (Å²) >= 11 is 1.34. The molecule has 9 nitrogen and oxygen atoms in total. The number of carbonyl (C=O) groups is 2. The van der Waals surface area contributed by atoms with Crippen LogP contribution in [0.15, 0.2) is 47.3 Å². The zero-order valence-corrected chi connectivity index (χ0v) is 20.3. The monoisotopic (exact) mass is 480 g/mol. The van der Waals surface area contributed by atoms with Gasteiger partial charge in [-0.15, -0.1) is 0 Å². The molecule has 0 aliphatic carbocycles. The first-order valence-electron chi connectivity index (χ1n) is 11.3. The molecule has 0 atom stereocenters. The van der Waals surface area contributed by atoms with Crippen LogP contribution in [0.4, 0.5) is 5.13 Å². The Labute approximate surface area is 202 Å². The molecule has 178 valence electrons. The summed E-state index contributed by atoms with van der Waals surface area (Å²) in [6, 6.07) is 12.8. The molecule has 0 bridgehead atoms. The summed E-state index contributed by atoms with van der Waals surface area (Å²) in [5.41, 5.74) is 2.07. The third-order valence-electron chi connectivity index (χ3n) is 5.65. The summed E-state index contributed by atoms with van der Waals surface area (Å²) in [7, 11) is 0. The normalized spacial score (nSPS) is 14.4. The van der Waals surface area contributed by atoms with Crippen LogP contribution in [0.25, 0.3) is 21.8 Å². The summed E-state index contributed by atoms with van der Waals surface area (Å²) in [5.74, 6) is -0.0958. The predicted molar refractivity (Wildman–Crippen MR) is 133 cm³/mol.